The Labute approximate surface area is 282 Å². The standard InChI is InChI=1S/C36H39F4N5O2S/c1-4-32-33(46)41-35(48-23-26-7-6-8-30(37)21-26)45(42-32)24(3)34(47)44(31-17-19-43(5-2)20-18-31)22-25-9-11-27(12-10-25)28-13-15-29(16-14-28)36(38,39)40/h6-16,21,24,31H,4-5,17-20,22-23H2,1-3H3. The first-order valence-electron chi connectivity index (χ1n) is 16.1. The fraction of sp³-hybridized carbons (Fsp3) is 0.389. The van der Waals surface area contributed by atoms with E-state index in [0.29, 0.717) is 29.8 Å². The van der Waals surface area contributed by atoms with Gasteiger partial charge in [-0.25, -0.2) is 9.07 Å². The van der Waals surface area contributed by atoms with E-state index in [1.54, 1.807) is 19.1 Å². The highest BCUT2D eigenvalue weighted by atomic mass is 32.2. The lowest BCUT2D eigenvalue weighted by Crippen LogP contribution is -2.49. The van der Waals surface area contributed by atoms with Gasteiger partial charge in [-0.1, -0.05) is 74.1 Å². The Hall–Kier alpha value is -4.03. The molecule has 254 valence electrons. The van der Waals surface area contributed by atoms with Gasteiger partial charge in [0, 0.05) is 31.4 Å². The van der Waals surface area contributed by atoms with E-state index in [0.717, 1.165) is 55.7 Å². The molecule has 0 saturated carbocycles. The highest BCUT2D eigenvalue weighted by Gasteiger charge is 2.33. The van der Waals surface area contributed by atoms with Crippen molar-refractivity contribution in [3.05, 3.63) is 111 Å². The van der Waals surface area contributed by atoms with Gasteiger partial charge in [-0.15, -0.1) is 0 Å². The monoisotopic (exact) mass is 681 g/mol. The van der Waals surface area contributed by atoms with Crippen molar-refractivity contribution in [2.75, 3.05) is 19.6 Å². The van der Waals surface area contributed by atoms with E-state index in [1.807, 2.05) is 36.1 Å². The summed E-state index contributed by atoms with van der Waals surface area (Å²) in [6.45, 7) is 8.66. The summed E-state index contributed by atoms with van der Waals surface area (Å²) in [4.78, 5) is 35.7. The van der Waals surface area contributed by atoms with E-state index < -0.39 is 23.3 Å². The number of aromatic nitrogens is 3. The number of piperidine rings is 1. The molecule has 0 radical (unpaired) electrons. The molecule has 12 heteroatoms. The lowest BCUT2D eigenvalue weighted by atomic mass is 9.99. The molecule has 1 amide bonds. The maximum absolute atomic E-state index is 14.5. The Bertz CT molecular complexity index is 1750. The second-order valence-electron chi connectivity index (χ2n) is 11.9. The number of carbonyl (C=O) groups is 1. The molecular formula is C36H39F4N5O2S. The number of likely N-dealkylation sites (tertiary alicyclic amines) is 1. The van der Waals surface area contributed by atoms with Crippen molar-refractivity contribution in [3.63, 3.8) is 0 Å². The molecule has 4 aromatic rings. The van der Waals surface area contributed by atoms with Gasteiger partial charge in [0.05, 0.1) is 5.56 Å². The summed E-state index contributed by atoms with van der Waals surface area (Å²) in [5.74, 6) is -0.189. The zero-order valence-electron chi connectivity index (χ0n) is 27.2. The van der Waals surface area contributed by atoms with Crippen LogP contribution in [0.15, 0.2) is 82.7 Å². The van der Waals surface area contributed by atoms with Gasteiger partial charge in [-0.05, 0) is 79.3 Å². The fourth-order valence-corrected chi connectivity index (χ4v) is 6.85. The highest BCUT2D eigenvalue weighted by Crippen LogP contribution is 2.32. The molecule has 0 spiro atoms. The predicted octanol–water partition coefficient (Wildman–Crippen LogP) is 7.39. The zero-order chi connectivity index (χ0) is 34.4. The van der Waals surface area contributed by atoms with Crippen LogP contribution in [0.1, 0.15) is 62.0 Å². The Morgan fingerprint density at radius 3 is 2.21 bits per heavy atom. The van der Waals surface area contributed by atoms with Crippen LogP contribution in [-0.2, 0) is 29.7 Å². The first kappa shape index (κ1) is 35.3. The van der Waals surface area contributed by atoms with E-state index >= 15 is 0 Å². The second-order valence-corrected chi connectivity index (χ2v) is 12.9. The van der Waals surface area contributed by atoms with Crippen LogP contribution in [0.25, 0.3) is 11.1 Å². The molecule has 1 aromatic heterocycles. The van der Waals surface area contributed by atoms with Gasteiger partial charge in [0.2, 0.25) is 5.91 Å². The van der Waals surface area contributed by atoms with Crippen LogP contribution in [0.4, 0.5) is 17.6 Å². The van der Waals surface area contributed by atoms with Crippen molar-refractivity contribution in [1.29, 1.82) is 0 Å². The maximum atomic E-state index is 14.5. The van der Waals surface area contributed by atoms with Crippen LogP contribution >= 0.6 is 11.8 Å². The average Bonchev–Trinajstić information content (AvgIpc) is 3.09. The first-order chi connectivity index (χ1) is 23.0. The quantitative estimate of drug-likeness (QED) is 0.122. The van der Waals surface area contributed by atoms with E-state index in [-0.39, 0.29) is 28.6 Å². The van der Waals surface area contributed by atoms with Crippen molar-refractivity contribution in [2.24, 2.45) is 0 Å². The topological polar surface area (TPSA) is 71.3 Å². The number of hydrogen-bond acceptors (Lipinski definition) is 6. The molecular weight excluding hydrogens is 642 g/mol. The van der Waals surface area contributed by atoms with Crippen LogP contribution in [0.2, 0.25) is 0 Å². The van der Waals surface area contributed by atoms with Gasteiger partial charge >= 0.3 is 6.18 Å². The molecule has 0 aliphatic carbocycles. The number of nitrogens with zero attached hydrogens (tertiary/aromatic N) is 5. The summed E-state index contributed by atoms with van der Waals surface area (Å²) >= 11 is 1.23. The van der Waals surface area contributed by atoms with E-state index in [4.69, 9.17) is 0 Å². The molecule has 1 aliphatic rings. The fourth-order valence-electron chi connectivity index (χ4n) is 5.90. The van der Waals surface area contributed by atoms with Gasteiger partial charge in [-0.2, -0.15) is 23.3 Å². The SMILES string of the molecule is CCc1nn(C(C)C(=O)N(Cc2ccc(-c3ccc(C(F)(F)F)cc3)cc2)C2CCN(CC)CC2)c(SCc2cccc(F)c2)nc1=O. The number of aryl methyl sites for hydroxylation is 1. The first-order valence-corrected chi connectivity index (χ1v) is 17.1. The summed E-state index contributed by atoms with van der Waals surface area (Å²) in [5.41, 5.74) is 2.13. The normalized spacial score (nSPS) is 15.0. The minimum Gasteiger partial charge on any atom is -0.333 e. The number of thioether (sulfide) groups is 1. The maximum Gasteiger partial charge on any atom is 0.416 e. The van der Waals surface area contributed by atoms with Crippen molar-refractivity contribution in [2.45, 2.75) is 75.7 Å². The Morgan fingerprint density at radius 2 is 1.62 bits per heavy atom. The minimum atomic E-state index is -4.40. The number of benzene rings is 3. The molecule has 48 heavy (non-hydrogen) atoms. The van der Waals surface area contributed by atoms with Crippen molar-refractivity contribution >= 4 is 17.7 Å². The average molecular weight is 682 g/mol. The van der Waals surface area contributed by atoms with E-state index in [9.17, 15) is 27.2 Å². The lowest BCUT2D eigenvalue weighted by Gasteiger charge is -2.39. The van der Waals surface area contributed by atoms with Crippen molar-refractivity contribution in [3.8, 4) is 11.1 Å². The molecule has 0 bridgehead atoms. The van der Waals surface area contributed by atoms with Crippen LogP contribution in [0.5, 0.6) is 0 Å². The lowest BCUT2D eigenvalue weighted by molar-refractivity contribution is -0.139. The predicted molar refractivity (Wildman–Crippen MR) is 179 cm³/mol. The summed E-state index contributed by atoms with van der Waals surface area (Å²) in [7, 11) is 0. The molecule has 2 heterocycles. The Balaban J connectivity index is 1.41. The molecule has 1 aliphatic heterocycles. The molecule has 1 unspecified atom stereocenters. The summed E-state index contributed by atoms with van der Waals surface area (Å²) in [6.07, 6.45) is -2.45. The molecule has 1 fully saturated rings. The number of alkyl halides is 3. The van der Waals surface area contributed by atoms with Gasteiger partial charge in [0.15, 0.2) is 5.16 Å². The molecule has 5 rings (SSSR count). The molecule has 3 aromatic carbocycles. The Kier molecular flexibility index (Phi) is 11.4. The number of amides is 1. The Morgan fingerprint density at radius 1 is 0.979 bits per heavy atom. The molecule has 7 nitrogen and oxygen atoms in total. The van der Waals surface area contributed by atoms with Gasteiger partial charge in [0.25, 0.3) is 5.56 Å². The largest absolute Gasteiger partial charge is 0.416 e. The third-order valence-corrected chi connectivity index (χ3v) is 9.78. The van der Waals surface area contributed by atoms with Crippen molar-refractivity contribution < 1.29 is 22.4 Å². The van der Waals surface area contributed by atoms with Crippen LogP contribution in [0, 0.1) is 5.82 Å². The summed E-state index contributed by atoms with van der Waals surface area (Å²) in [6, 6.07) is 17.9. The molecule has 0 N–H and O–H groups in total. The number of rotatable bonds is 11. The van der Waals surface area contributed by atoms with Crippen LogP contribution in [0.3, 0.4) is 0 Å². The van der Waals surface area contributed by atoms with Gasteiger partial charge in [-0.3, -0.25) is 9.59 Å². The molecule has 1 atom stereocenters. The van der Waals surface area contributed by atoms with Crippen LogP contribution in [-0.4, -0.2) is 56.1 Å². The number of halogens is 4. The minimum absolute atomic E-state index is 0.0290. The number of hydrogen-bond donors (Lipinski definition) is 0. The summed E-state index contributed by atoms with van der Waals surface area (Å²) in [5, 5.41) is 4.87. The third kappa shape index (κ3) is 8.51. The molecule has 1 saturated heterocycles. The summed E-state index contributed by atoms with van der Waals surface area (Å²) < 4.78 is 54.5. The van der Waals surface area contributed by atoms with Crippen molar-refractivity contribution in [1.82, 2.24) is 24.6 Å². The van der Waals surface area contributed by atoms with E-state index in [1.165, 1.54) is 40.7 Å². The van der Waals surface area contributed by atoms with E-state index in [2.05, 4.69) is 21.9 Å². The third-order valence-electron chi connectivity index (χ3n) is 8.77. The van der Waals surface area contributed by atoms with Gasteiger partial charge < -0.3 is 9.80 Å². The van der Waals surface area contributed by atoms with Crippen LogP contribution < -0.4 is 5.56 Å². The second kappa shape index (κ2) is 15.5. The van der Waals surface area contributed by atoms with Gasteiger partial charge in [0.1, 0.15) is 17.6 Å². The number of carbonyl (C=O) groups excluding carboxylic acids is 1. The smallest absolute Gasteiger partial charge is 0.333 e. The zero-order valence-corrected chi connectivity index (χ0v) is 28.0. The highest BCUT2D eigenvalue weighted by molar-refractivity contribution is 7.98.